The lowest BCUT2D eigenvalue weighted by Crippen LogP contribution is -2.27. The molecule has 2 aromatic heterocycles. The zero-order chi connectivity index (χ0) is 16.7. The summed E-state index contributed by atoms with van der Waals surface area (Å²) in [5, 5.41) is 12.2. The first-order valence-corrected chi connectivity index (χ1v) is 7.05. The topological polar surface area (TPSA) is 121 Å². The normalized spacial score (nSPS) is 12.1. The predicted molar refractivity (Wildman–Crippen MR) is 79.8 cm³/mol. The van der Waals surface area contributed by atoms with Crippen molar-refractivity contribution in [2.75, 3.05) is 32.2 Å². The summed E-state index contributed by atoms with van der Waals surface area (Å²) in [6.45, 7) is 1.57. The van der Waals surface area contributed by atoms with E-state index in [2.05, 4.69) is 25.0 Å². The molecular formula is C13H19N5O5. The fourth-order valence-corrected chi connectivity index (χ4v) is 1.82. The summed E-state index contributed by atoms with van der Waals surface area (Å²) in [6, 6.07) is 0. The standard InChI is InChI=1S/C13H19N5O5/c1-3-21-13(20)22-5-9(4-19)23-8-18-7-17-10-11(14-2)15-6-16-12(10)18/h6-7,9,19H,3-5,8H2,1-2H3,(H,14,15,16). The summed E-state index contributed by atoms with van der Waals surface area (Å²) >= 11 is 0. The van der Waals surface area contributed by atoms with Crippen LogP contribution in [0.2, 0.25) is 0 Å². The average molecular weight is 325 g/mol. The Balaban J connectivity index is 1.95. The Bertz CT molecular complexity index is 647. The minimum Gasteiger partial charge on any atom is -0.435 e. The number of aliphatic hydroxyl groups excluding tert-OH is 1. The predicted octanol–water partition coefficient (Wildman–Crippen LogP) is 0.376. The Morgan fingerprint density at radius 1 is 1.39 bits per heavy atom. The maximum Gasteiger partial charge on any atom is 0.508 e. The van der Waals surface area contributed by atoms with Gasteiger partial charge in [-0.2, -0.15) is 0 Å². The first-order chi connectivity index (χ1) is 11.2. The molecule has 0 aromatic carbocycles. The molecule has 0 radical (unpaired) electrons. The molecule has 2 aromatic rings. The van der Waals surface area contributed by atoms with Crippen LogP contribution >= 0.6 is 0 Å². The van der Waals surface area contributed by atoms with Gasteiger partial charge in [-0.1, -0.05) is 0 Å². The van der Waals surface area contributed by atoms with Crippen LogP contribution in [0.4, 0.5) is 10.6 Å². The van der Waals surface area contributed by atoms with Crippen molar-refractivity contribution in [2.45, 2.75) is 19.8 Å². The summed E-state index contributed by atoms with van der Waals surface area (Å²) in [7, 11) is 1.74. The summed E-state index contributed by atoms with van der Waals surface area (Å²) in [4.78, 5) is 23.6. The second-order valence-electron chi connectivity index (χ2n) is 4.45. The molecule has 0 spiro atoms. The van der Waals surface area contributed by atoms with Crippen LogP contribution in [-0.4, -0.2) is 63.8 Å². The van der Waals surface area contributed by atoms with Gasteiger partial charge < -0.3 is 24.6 Å². The van der Waals surface area contributed by atoms with E-state index in [1.807, 2.05) is 0 Å². The van der Waals surface area contributed by atoms with Crippen molar-refractivity contribution in [1.82, 2.24) is 19.5 Å². The van der Waals surface area contributed by atoms with Gasteiger partial charge in [0.1, 0.15) is 31.3 Å². The third-order valence-corrected chi connectivity index (χ3v) is 2.94. The molecule has 126 valence electrons. The molecule has 10 heteroatoms. The summed E-state index contributed by atoms with van der Waals surface area (Å²) in [6.07, 6.45) is 1.50. The smallest absolute Gasteiger partial charge is 0.435 e. The third kappa shape index (κ3) is 4.27. The number of hydrogen-bond acceptors (Lipinski definition) is 9. The molecule has 2 rings (SSSR count). The molecule has 2 N–H and O–H groups in total. The second kappa shape index (κ2) is 8.25. The number of aromatic nitrogens is 4. The third-order valence-electron chi connectivity index (χ3n) is 2.94. The molecular weight excluding hydrogens is 306 g/mol. The molecule has 1 atom stereocenters. The molecule has 0 aliphatic carbocycles. The second-order valence-corrected chi connectivity index (χ2v) is 4.45. The Morgan fingerprint density at radius 2 is 2.22 bits per heavy atom. The molecule has 0 bridgehead atoms. The zero-order valence-electron chi connectivity index (χ0n) is 12.9. The molecule has 0 amide bonds. The molecule has 0 aliphatic rings. The molecule has 10 nitrogen and oxygen atoms in total. The minimum atomic E-state index is -0.797. The van der Waals surface area contributed by atoms with E-state index in [1.54, 1.807) is 24.9 Å². The van der Waals surface area contributed by atoms with Crippen LogP contribution in [0.5, 0.6) is 0 Å². The van der Waals surface area contributed by atoms with Crippen molar-refractivity contribution < 1.29 is 24.1 Å². The average Bonchev–Trinajstić information content (AvgIpc) is 2.98. The Morgan fingerprint density at radius 3 is 2.91 bits per heavy atom. The van der Waals surface area contributed by atoms with Crippen molar-refractivity contribution in [3.63, 3.8) is 0 Å². The van der Waals surface area contributed by atoms with Crippen LogP contribution in [0.15, 0.2) is 12.7 Å². The van der Waals surface area contributed by atoms with Crippen LogP contribution in [0.25, 0.3) is 11.2 Å². The first kappa shape index (κ1) is 16.9. The fourth-order valence-electron chi connectivity index (χ4n) is 1.82. The number of hydrogen-bond donors (Lipinski definition) is 2. The van der Waals surface area contributed by atoms with Crippen molar-refractivity contribution in [3.8, 4) is 0 Å². The molecule has 1 unspecified atom stereocenters. The van der Waals surface area contributed by atoms with E-state index in [0.29, 0.717) is 17.0 Å². The molecule has 0 aliphatic heterocycles. The number of imidazole rings is 1. The Kier molecular flexibility index (Phi) is 6.06. The number of rotatable bonds is 8. The van der Waals surface area contributed by atoms with Gasteiger partial charge in [0.2, 0.25) is 0 Å². The lowest BCUT2D eigenvalue weighted by atomic mass is 10.4. The molecule has 2 heterocycles. The van der Waals surface area contributed by atoms with Crippen molar-refractivity contribution >= 4 is 23.1 Å². The van der Waals surface area contributed by atoms with Gasteiger partial charge in [-0.15, -0.1) is 0 Å². The van der Waals surface area contributed by atoms with Crippen molar-refractivity contribution in [2.24, 2.45) is 0 Å². The minimum absolute atomic E-state index is 0.0913. The molecule has 0 fully saturated rings. The summed E-state index contributed by atoms with van der Waals surface area (Å²) in [5.41, 5.74) is 1.20. The maximum atomic E-state index is 11.1. The first-order valence-electron chi connectivity index (χ1n) is 7.05. The molecule has 0 saturated heterocycles. The molecule has 0 saturated carbocycles. The van der Waals surface area contributed by atoms with Crippen molar-refractivity contribution in [3.05, 3.63) is 12.7 Å². The van der Waals surface area contributed by atoms with E-state index in [4.69, 9.17) is 9.47 Å². The number of ether oxygens (including phenoxy) is 3. The van der Waals surface area contributed by atoms with Crippen LogP contribution in [0, 0.1) is 0 Å². The number of carbonyl (C=O) groups excluding carboxylic acids is 1. The van der Waals surface area contributed by atoms with E-state index in [0.717, 1.165) is 0 Å². The van der Waals surface area contributed by atoms with Crippen LogP contribution in [-0.2, 0) is 20.9 Å². The highest BCUT2D eigenvalue weighted by Crippen LogP contribution is 2.16. The van der Waals surface area contributed by atoms with E-state index in [1.165, 1.54) is 6.33 Å². The van der Waals surface area contributed by atoms with E-state index in [9.17, 15) is 9.90 Å². The zero-order valence-corrected chi connectivity index (χ0v) is 12.9. The number of carbonyl (C=O) groups is 1. The highest BCUT2D eigenvalue weighted by molar-refractivity contribution is 5.82. The lowest BCUT2D eigenvalue weighted by molar-refractivity contribution is -0.0611. The van der Waals surface area contributed by atoms with Gasteiger partial charge in [-0.05, 0) is 6.92 Å². The quantitative estimate of drug-likeness (QED) is 0.663. The van der Waals surface area contributed by atoms with Gasteiger partial charge in [-0.3, -0.25) is 4.57 Å². The van der Waals surface area contributed by atoms with Gasteiger partial charge in [0.25, 0.3) is 0 Å². The maximum absolute atomic E-state index is 11.1. The number of nitrogens with one attached hydrogen (secondary N) is 1. The van der Waals surface area contributed by atoms with Gasteiger partial charge >= 0.3 is 6.16 Å². The monoisotopic (exact) mass is 325 g/mol. The highest BCUT2D eigenvalue weighted by Gasteiger charge is 2.14. The van der Waals surface area contributed by atoms with Crippen LogP contribution < -0.4 is 5.32 Å². The Labute approximate surface area is 132 Å². The lowest BCUT2D eigenvalue weighted by Gasteiger charge is -2.15. The summed E-state index contributed by atoms with van der Waals surface area (Å²) in [5.74, 6) is 0.609. The van der Waals surface area contributed by atoms with E-state index in [-0.39, 0.29) is 26.6 Å². The van der Waals surface area contributed by atoms with Crippen LogP contribution in [0.1, 0.15) is 6.92 Å². The number of nitrogens with zero attached hydrogens (tertiary/aromatic N) is 4. The summed E-state index contributed by atoms with van der Waals surface area (Å²) < 4.78 is 16.6. The number of aliphatic hydroxyl groups is 1. The highest BCUT2D eigenvalue weighted by atomic mass is 16.7. The SMILES string of the molecule is CCOC(=O)OCC(CO)OCn1cnc2c(NC)ncnc21. The van der Waals surface area contributed by atoms with E-state index < -0.39 is 12.3 Å². The number of fused-ring (bicyclic) bond motifs is 1. The molecule has 23 heavy (non-hydrogen) atoms. The fraction of sp³-hybridized carbons (Fsp3) is 0.538. The van der Waals surface area contributed by atoms with Gasteiger partial charge in [0.15, 0.2) is 11.5 Å². The van der Waals surface area contributed by atoms with Gasteiger partial charge in [0, 0.05) is 7.05 Å². The largest absolute Gasteiger partial charge is 0.508 e. The van der Waals surface area contributed by atoms with E-state index >= 15 is 0 Å². The van der Waals surface area contributed by atoms with Crippen molar-refractivity contribution in [1.29, 1.82) is 0 Å². The Hall–Kier alpha value is -2.46. The van der Waals surface area contributed by atoms with Gasteiger partial charge in [0.05, 0.1) is 19.5 Å². The van der Waals surface area contributed by atoms with Crippen LogP contribution in [0.3, 0.4) is 0 Å². The van der Waals surface area contributed by atoms with Gasteiger partial charge in [-0.25, -0.2) is 19.7 Å². The number of anilines is 1.